The Hall–Kier alpha value is -3.40. The Labute approximate surface area is 151 Å². The van der Waals surface area contributed by atoms with Crippen LogP contribution in [0.1, 0.15) is 16.1 Å². The van der Waals surface area contributed by atoms with E-state index in [-0.39, 0.29) is 5.91 Å². The predicted octanol–water partition coefficient (Wildman–Crippen LogP) is 4.96. The first kappa shape index (κ1) is 16.1. The molecule has 26 heavy (non-hydrogen) atoms. The van der Waals surface area contributed by atoms with Gasteiger partial charge in [-0.2, -0.15) is 0 Å². The highest BCUT2D eigenvalue weighted by Gasteiger charge is 2.17. The average Bonchev–Trinajstić information content (AvgIpc) is 2.67. The largest absolute Gasteiger partial charge is 0.496 e. The van der Waals surface area contributed by atoms with Crippen LogP contribution in [0.3, 0.4) is 0 Å². The van der Waals surface area contributed by atoms with Crippen LogP contribution in [-0.2, 0) is 0 Å². The Kier molecular flexibility index (Phi) is 4.01. The highest BCUT2D eigenvalue weighted by Crippen LogP contribution is 2.30. The SMILES string of the molecule is COc1ccc2ccccc2c1C(=O)Nc1cccc2ccc(C)nc12. The van der Waals surface area contributed by atoms with Crippen molar-refractivity contribution < 1.29 is 9.53 Å². The smallest absolute Gasteiger partial charge is 0.260 e. The molecular weight excluding hydrogens is 324 g/mol. The van der Waals surface area contributed by atoms with E-state index < -0.39 is 0 Å². The van der Waals surface area contributed by atoms with Gasteiger partial charge in [-0.3, -0.25) is 9.78 Å². The Morgan fingerprint density at radius 1 is 0.923 bits per heavy atom. The molecule has 0 fully saturated rings. The molecule has 0 saturated heterocycles. The number of methoxy groups -OCH3 is 1. The van der Waals surface area contributed by atoms with E-state index >= 15 is 0 Å². The molecule has 128 valence electrons. The Morgan fingerprint density at radius 2 is 1.69 bits per heavy atom. The van der Waals surface area contributed by atoms with Crippen molar-refractivity contribution in [1.82, 2.24) is 4.98 Å². The number of fused-ring (bicyclic) bond motifs is 2. The first-order chi connectivity index (χ1) is 12.7. The number of aromatic nitrogens is 1. The number of para-hydroxylation sites is 1. The molecular formula is C22H18N2O2. The van der Waals surface area contributed by atoms with Gasteiger partial charge < -0.3 is 10.1 Å². The standard InChI is InChI=1S/C22H18N2O2/c1-14-10-11-16-7-5-9-18(21(16)23-14)24-22(25)20-17-8-4-3-6-15(17)12-13-19(20)26-2/h3-13H,1-2H3,(H,24,25). The minimum absolute atomic E-state index is 0.213. The third kappa shape index (κ3) is 2.75. The van der Waals surface area contributed by atoms with Crippen LogP contribution in [-0.4, -0.2) is 18.0 Å². The molecule has 0 unspecified atom stereocenters. The van der Waals surface area contributed by atoms with Crippen molar-refractivity contribution in [2.45, 2.75) is 6.92 Å². The van der Waals surface area contributed by atoms with E-state index in [9.17, 15) is 4.79 Å². The number of carbonyl (C=O) groups is 1. The maximum absolute atomic E-state index is 13.1. The number of hydrogen-bond donors (Lipinski definition) is 1. The number of aryl methyl sites for hydroxylation is 1. The third-order valence-corrected chi connectivity index (χ3v) is 4.45. The summed E-state index contributed by atoms with van der Waals surface area (Å²) in [4.78, 5) is 17.7. The first-order valence-electron chi connectivity index (χ1n) is 8.41. The van der Waals surface area contributed by atoms with Crippen molar-refractivity contribution in [2.24, 2.45) is 0 Å². The number of anilines is 1. The lowest BCUT2D eigenvalue weighted by atomic mass is 10.0. The number of benzene rings is 3. The lowest BCUT2D eigenvalue weighted by Crippen LogP contribution is -2.14. The number of pyridine rings is 1. The Balaban J connectivity index is 1.83. The molecule has 0 aliphatic rings. The fourth-order valence-electron chi connectivity index (χ4n) is 3.19. The summed E-state index contributed by atoms with van der Waals surface area (Å²) in [7, 11) is 1.57. The van der Waals surface area contributed by atoms with Crippen LogP contribution >= 0.6 is 0 Å². The molecule has 4 nitrogen and oxygen atoms in total. The number of ether oxygens (including phenoxy) is 1. The molecule has 1 amide bonds. The summed E-state index contributed by atoms with van der Waals surface area (Å²) < 4.78 is 5.44. The summed E-state index contributed by atoms with van der Waals surface area (Å²) in [5, 5.41) is 5.84. The molecule has 0 radical (unpaired) electrons. The quantitative estimate of drug-likeness (QED) is 0.573. The van der Waals surface area contributed by atoms with E-state index in [4.69, 9.17) is 4.74 Å². The maximum atomic E-state index is 13.1. The van der Waals surface area contributed by atoms with Crippen LogP contribution in [0.4, 0.5) is 5.69 Å². The van der Waals surface area contributed by atoms with E-state index in [0.29, 0.717) is 17.0 Å². The van der Waals surface area contributed by atoms with Crippen LogP contribution in [0.15, 0.2) is 66.7 Å². The van der Waals surface area contributed by atoms with Crippen molar-refractivity contribution in [2.75, 3.05) is 12.4 Å². The molecule has 0 atom stereocenters. The van der Waals surface area contributed by atoms with Crippen LogP contribution in [0.5, 0.6) is 5.75 Å². The van der Waals surface area contributed by atoms with Gasteiger partial charge in [0.25, 0.3) is 5.91 Å². The van der Waals surface area contributed by atoms with E-state index in [1.165, 1.54) is 0 Å². The summed E-state index contributed by atoms with van der Waals surface area (Å²) in [6.07, 6.45) is 0. The van der Waals surface area contributed by atoms with Gasteiger partial charge in [-0.1, -0.05) is 48.5 Å². The van der Waals surface area contributed by atoms with Gasteiger partial charge in [0.05, 0.1) is 23.9 Å². The third-order valence-electron chi connectivity index (χ3n) is 4.45. The van der Waals surface area contributed by atoms with Crippen LogP contribution in [0, 0.1) is 6.92 Å². The zero-order valence-corrected chi connectivity index (χ0v) is 14.6. The second-order valence-corrected chi connectivity index (χ2v) is 6.15. The van der Waals surface area contributed by atoms with Gasteiger partial charge in [-0.25, -0.2) is 0 Å². The van der Waals surface area contributed by atoms with Crippen LogP contribution in [0.25, 0.3) is 21.7 Å². The lowest BCUT2D eigenvalue weighted by molar-refractivity contribution is 0.102. The van der Waals surface area contributed by atoms with Crippen molar-refractivity contribution in [1.29, 1.82) is 0 Å². The average molecular weight is 342 g/mol. The number of rotatable bonds is 3. The van der Waals surface area contributed by atoms with E-state index in [1.54, 1.807) is 7.11 Å². The highest BCUT2D eigenvalue weighted by molar-refractivity contribution is 6.16. The summed E-state index contributed by atoms with van der Waals surface area (Å²) >= 11 is 0. The Bertz CT molecular complexity index is 1140. The molecule has 4 rings (SSSR count). The molecule has 4 heteroatoms. The lowest BCUT2D eigenvalue weighted by Gasteiger charge is -2.13. The van der Waals surface area contributed by atoms with Crippen molar-refractivity contribution in [3.8, 4) is 5.75 Å². The number of carbonyl (C=O) groups excluding carboxylic acids is 1. The number of nitrogens with zero attached hydrogens (tertiary/aromatic N) is 1. The van der Waals surface area contributed by atoms with Gasteiger partial charge in [-0.05, 0) is 35.9 Å². The van der Waals surface area contributed by atoms with E-state index in [2.05, 4.69) is 10.3 Å². The molecule has 4 aromatic rings. The van der Waals surface area contributed by atoms with Crippen LogP contribution < -0.4 is 10.1 Å². The second kappa shape index (κ2) is 6.48. The first-order valence-corrected chi connectivity index (χ1v) is 8.41. The van der Waals surface area contributed by atoms with Crippen molar-refractivity contribution in [3.05, 3.63) is 78.0 Å². The molecule has 0 bridgehead atoms. The van der Waals surface area contributed by atoms with Gasteiger partial charge in [-0.15, -0.1) is 0 Å². The maximum Gasteiger partial charge on any atom is 0.260 e. The summed E-state index contributed by atoms with van der Waals surface area (Å²) in [5.74, 6) is 0.333. The highest BCUT2D eigenvalue weighted by atomic mass is 16.5. The summed E-state index contributed by atoms with van der Waals surface area (Å²) in [5.41, 5.74) is 2.89. The second-order valence-electron chi connectivity index (χ2n) is 6.15. The van der Waals surface area contributed by atoms with E-state index in [1.807, 2.05) is 73.7 Å². The zero-order valence-electron chi connectivity index (χ0n) is 14.6. The summed E-state index contributed by atoms with van der Waals surface area (Å²) in [6.45, 7) is 1.94. The number of amides is 1. The van der Waals surface area contributed by atoms with Crippen molar-refractivity contribution in [3.63, 3.8) is 0 Å². The molecule has 0 aliphatic carbocycles. The zero-order chi connectivity index (χ0) is 18.1. The minimum Gasteiger partial charge on any atom is -0.496 e. The van der Waals surface area contributed by atoms with Gasteiger partial charge in [0.1, 0.15) is 5.75 Å². The van der Waals surface area contributed by atoms with Crippen molar-refractivity contribution >= 4 is 33.3 Å². The molecule has 1 heterocycles. The normalized spacial score (nSPS) is 10.8. The fourth-order valence-corrected chi connectivity index (χ4v) is 3.19. The molecule has 0 aliphatic heterocycles. The van der Waals surface area contributed by atoms with Gasteiger partial charge in [0.2, 0.25) is 0 Å². The summed E-state index contributed by atoms with van der Waals surface area (Å²) in [6, 6.07) is 21.3. The predicted molar refractivity (Wildman–Crippen MR) is 105 cm³/mol. The topological polar surface area (TPSA) is 51.2 Å². The number of nitrogens with one attached hydrogen (secondary N) is 1. The molecule has 0 spiro atoms. The van der Waals surface area contributed by atoms with Crippen LogP contribution in [0.2, 0.25) is 0 Å². The fraction of sp³-hybridized carbons (Fsp3) is 0.0909. The molecule has 0 saturated carbocycles. The minimum atomic E-state index is -0.213. The molecule has 1 aromatic heterocycles. The molecule has 3 aromatic carbocycles. The molecule has 1 N–H and O–H groups in total. The monoisotopic (exact) mass is 342 g/mol. The van der Waals surface area contributed by atoms with Gasteiger partial charge in [0.15, 0.2) is 0 Å². The number of hydrogen-bond acceptors (Lipinski definition) is 3. The van der Waals surface area contributed by atoms with Gasteiger partial charge in [0, 0.05) is 11.1 Å². The van der Waals surface area contributed by atoms with E-state index in [0.717, 1.165) is 27.4 Å². The van der Waals surface area contributed by atoms with Gasteiger partial charge >= 0.3 is 0 Å². The Morgan fingerprint density at radius 3 is 2.54 bits per heavy atom.